The van der Waals surface area contributed by atoms with E-state index >= 15 is 0 Å². The molecule has 38 heavy (non-hydrogen) atoms. The summed E-state index contributed by atoms with van der Waals surface area (Å²) >= 11 is 0. The van der Waals surface area contributed by atoms with Gasteiger partial charge in [0, 0.05) is 5.69 Å². The highest BCUT2D eigenvalue weighted by molar-refractivity contribution is 7.89. The largest absolute Gasteiger partial charge is 0.497 e. The Morgan fingerprint density at radius 2 is 1.74 bits per heavy atom. The molecule has 1 heterocycles. The summed E-state index contributed by atoms with van der Waals surface area (Å²) in [5, 5.41) is 10.9. The molecule has 0 radical (unpaired) electrons. The topological polar surface area (TPSA) is 142 Å². The van der Waals surface area contributed by atoms with E-state index in [1.165, 1.54) is 19.2 Å². The van der Waals surface area contributed by atoms with Gasteiger partial charge in [-0.1, -0.05) is 31.2 Å². The molecule has 1 unspecified atom stereocenters. The first-order valence-corrected chi connectivity index (χ1v) is 13.7. The Labute approximate surface area is 222 Å². The Bertz CT molecular complexity index is 1320. The minimum absolute atomic E-state index is 0.0165. The van der Waals surface area contributed by atoms with E-state index in [1.54, 1.807) is 42.1 Å². The number of hydrogen-bond donors (Lipinski definition) is 2. The summed E-state index contributed by atoms with van der Waals surface area (Å²) < 4.78 is 39.2. The van der Waals surface area contributed by atoms with Crippen LogP contribution < -0.4 is 14.8 Å². The van der Waals surface area contributed by atoms with E-state index in [4.69, 9.17) is 9.47 Å². The van der Waals surface area contributed by atoms with Crippen LogP contribution in [0, 0.1) is 11.8 Å². The zero-order valence-electron chi connectivity index (χ0n) is 21.9. The number of anilines is 1. The smallest absolute Gasteiger partial charge is 0.318 e. The normalized spacial score (nSPS) is 12.2. The summed E-state index contributed by atoms with van der Waals surface area (Å²) in [4.78, 5) is 25.1. The summed E-state index contributed by atoms with van der Waals surface area (Å²) in [6.45, 7) is 6.19. The fraction of sp³-hybridized carbons (Fsp3) is 0.385. The summed E-state index contributed by atoms with van der Waals surface area (Å²) in [6, 6.07) is 13.2. The van der Waals surface area contributed by atoms with Crippen LogP contribution in [0.4, 0.5) is 5.69 Å². The third kappa shape index (κ3) is 8.12. The molecular weight excluding hydrogens is 510 g/mol. The molecule has 2 N–H and O–H groups in total. The second kappa shape index (κ2) is 13.2. The molecule has 204 valence electrons. The van der Waals surface area contributed by atoms with Gasteiger partial charge in [-0.2, -0.15) is 0 Å². The fourth-order valence-electron chi connectivity index (χ4n) is 3.64. The molecule has 0 fully saturated rings. The van der Waals surface area contributed by atoms with Crippen molar-refractivity contribution in [2.45, 2.75) is 45.2 Å². The molecule has 0 aliphatic carbocycles. The number of hydrogen-bond acceptors (Lipinski definition) is 8. The highest BCUT2D eigenvalue weighted by atomic mass is 32.2. The number of nitrogens with one attached hydrogen (secondary N) is 2. The van der Waals surface area contributed by atoms with Crippen LogP contribution in [0.1, 0.15) is 38.4 Å². The zero-order valence-corrected chi connectivity index (χ0v) is 22.7. The molecular formula is C26H33N5O6S. The van der Waals surface area contributed by atoms with E-state index in [2.05, 4.69) is 20.4 Å². The maximum absolute atomic E-state index is 12.7. The van der Waals surface area contributed by atoms with Gasteiger partial charge >= 0.3 is 5.97 Å². The Kier molecular flexibility index (Phi) is 9.97. The molecule has 12 heteroatoms. The lowest BCUT2D eigenvalue weighted by Gasteiger charge is -2.17. The van der Waals surface area contributed by atoms with Gasteiger partial charge in [0.15, 0.2) is 0 Å². The van der Waals surface area contributed by atoms with Crippen LogP contribution in [-0.4, -0.2) is 49.0 Å². The van der Waals surface area contributed by atoms with Crippen molar-refractivity contribution in [1.29, 1.82) is 0 Å². The van der Waals surface area contributed by atoms with Gasteiger partial charge in [-0.3, -0.25) is 9.59 Å². The Morgan fingerprint density at radius 1 is 1.05 bits per heavy atom. The molecule has 3 rings (SSSR count). The van der Waals surface area contributed by atoms with E-state index in [0.717, 1.165) is 5.56 Å². The molecule has 0 aliphatic heterocycles. The van der Waals surface area contributed by atoms with E-state index < -0.39 is 27.8 Å². The lowest BCUT2D eigenvalue weighted by Crippen LogP contribution is -2.32. The van der Waals surface area contributed by atoms with Crippen molar-refractivity contribution < 1.29 is 27.5 Å². The highest BCUT2D eigenvalue weighted by Gasteiger charge is 2.29. The lowest BCUT2D eigenvalue weighted by atomic mass is 9.96. The maximum atomic E-state index is 12.7. The number of benzene rings is 2. The molecule has 11 nitrogen and oxygen atoms in total. The van der Waals surface area contributed by atoms with Gasteiger partial charge < -0.3 is 14.8 Å². The van der Waals surface area contributed by atoms with E-state index in [-0.39, 0.29) is 24.0 Å². The zero-order chi connectivity index (χ0) is 27.7. The number of nitrogens with zero attached hydrogens (tertiary/aromatic N) is 3. The first-order chi connectivity index (χ1) is 18.1. The van der Waals surface area contributed by atoms with Crippen molar-refractivity contribution in [1.82, 2.24) is 19.7 Å². The van der Waals surface area contributed by atoms with E-state index in [0.29, 0.717) is 30.1 Å². The number of sulfonamides is 1. The SMILES string of the molecule is CCOC(=O)C(CC(C)C)C(=O)Nc1ccc(Cn2cc(CNS(=O)(=O)c3ccc(OC)cc3)nn2)cc1. The average Bonchev–Trinajstić information content (AvgIpc) is 3.34. The van der Waals surface area contributed by atoms with Crippen molar-refractivity contribution in [2.75, 3.05) is 19.0 Å². The van der Waals surface area contributed by atoms with Crippen molar-refractivity contribution in [2.24, 2.45) is 11.8 Å². The molecule has 1 amide bonds. The first-order valence-electron chi connectivity index (χ1n) is 12.2. The van der Waals surface area contributed by atoms with Crippen LogP contribution >= 0.6 is 0 Å². The second-order valence-electron chi connectivity index (χ2n) is 9.03. The maximum Gasteiger partial charge on any atom is 0.318 e. The van der Waals surface area contributed by atoms with Crippen molar-refractivity contribution in [3.63, 3.8) is 0 Å². The number of ether oxygens (including phenoxy) is 2. The predicted molar refractivity (Wildman–Crippen MR) is 141 cm³/mol. The first kappa shape index (κ1) is 28.8. The number of amides is 1. The number of rotatable bonds is 13. The van der Waals surface area contributed by atoms with Crippen molar-refractivity contribution in [3.8, 4) is 5.75 Å². The van der Waals surface area contributed by atoms with Gasteiger partial charge in [0.25, 0.3) is 0 Å². The van der Waals surface area contributed by atoms with Crippen LogP contribution in [0.15, 0.2) is 59.6 Å². The van der Waals surface area contributed by atoms with Gasteiger partial charge in [0.05, 0.1) is 43.6 Å². The molecule has 0 saturated carbocycles. The van der Waals surface area contributed by atoms with Crippen LogP contribution in [0.5, 0.6) is 5.75 Å². The molecule has 1 atom stereocenters. The van der Waals surface area contributed by atoms with Gasteiger partial charge in [0.2, 0.25) is 15.9 Å². The molecule has 0 saturated heterocycles. The molecule has 1 aromatic heterocycles. The third-order valence-corrected chi connectivity index (χ3v) is 6.98. The number of aromatic nitrogens is 3. The molecule has 0 bridgehead atoms. The molecule has 3 aromatic rings. The number of carbonyl (C=O) groups excluding carboxylic acids is 2. The summed E-state index contributed by atoms with van der Waals surface area (Å²) in [5.74, 6) is -1.07. The molecule has 0 spiro atoms. The van der Waals surface area contributed by atoms with Crippen molar-refractivity contribution in [3.05, 3.63) is 66.0 Å². The molecule has 0 aliphatic rings. The fourth-order valence-corrected chi connectivity index (χ4v) is 4.64. The Balaban J connectivity index is 1.56. The quantitative estimate of drug-likeness (QED) is 0.248. The average molecular weight is 544 g/mol. The standard InChI is InChI=1S/C26H33N5O6S/c1-5-37-26(33)24(14-18(2)3)25(32)28-20-8-6-19(7-9-20)16-31-17-21(29-30-31)15-27-38(34,35)23-12-10-22(36-4)11-13-23/h6-13,17-18,24,27H,5,14-16H2,1-4H3,(H,28,32). The summed E-state index contributed by atoms with van der Waals surface area (Å²) in [5.41, 5.74) is 1.91. The highest BCUT2D eigenvalue weighted by Crippen LogP contribution is 2.18. The Hall–Kier alpha value is -3.77. The van der Waals surface area contributed by atoms with E-state index in [9.17, 15) is 18.0 Å². The van der Waals surface area contributed by atoms with Gasteiger partial charge in [0.1, 0.15) is 11.7 Å². The van der Waals surface area contributed by atoms with Gasteiger partial charge in [-0.15, -0.1) is 5.10 Å². The van der Waals surface area contributed by atoms with Gasteiger partial charge in [-0.25, -0.2) is 17.8 Å². The third-order valence-electron chi connectivity index (χ3n) is 5.56. The number of esters is 1. The minimum atomic E-state index is -3.72. The second-order valence-corrected chi connectivity index (χ2v) is 10.8. The monoisotopic (exact) mass is 543 g/mol. The van der Waals surface area contributed by atoms with Crippen LogP contribution in [0.2, 0.25) is 0 Å². The Morgan fingerprint density at radius 3 is 2.34 bits per heavy atom. The number of carbonyl (C=O) groups is 2. The summed E-state index contributed by atoms with van der Waals surface area (Å²) in [7, 11) is -2.21. The van der Waals surface area contributed by atoms with Crippen molar-refractivity contribution >= 4 is 27.6 Å². The van der Waals surface area contributed by atoms with Crippen LogP contribution in [0.3, 0.4) is 0 Å². The predicted octanol–water partition coefficient (Wildman–Crippen LogP) is 2.98. The lowest BCUT2D eigenvalue weighted by molar-refractivity contribution is -0.151. The number of methoxy groups -OCH3 is 1. The minimum Gasteiger partial charge on any atom is -0.497 e. The van der Waals surface area contributed by atoms with E-state index in [1.807, 2.05) is 26.0 Å². The molecule has 2 aromatic carbocycles. The van der Waals surface area contributed by atoms with Gasteiger partial charge in [-0.05, 0) is 61.2 Å². The van der Waals surface area contributed by atoms with Crippen LogP contribution in [0.25, 0.3) is 0 Å². The summed E-state index contributed by atoms with van der Waals surface area (Å²) in [6.07, 6.45) is 2.05. The van der Waals surface area contributed by atoms with Crippen LogP contribution in [-0.2, 0) is 37.4 Å².